The molecule has 1 aliphatic rings. The number of nitrogens with zero attached hydrogens (tertiary/aromatic N) is 1. The van der Waals surface area contributed by atoms with Crippen molar-refractivity contribution in [1.29, 1.82) is 0 Å². The van der Waals surface area contributed by atoms with Gasteiger partial charge < -0.3 is 9.84 Å². The maximum absolute atomic E-state index is 12.4. The number of hydrogen-bond donors (Lipinski definition) is 1. The van der Waals surface area contributed by atoms with E-state index in [-0.39, 0.29) is 11.9 Å². The molecule has 0 aliphatic heterocycles. The van der Waals surface area contributed by atoms with Gasteiger partial charge in [0, 0.05) is 12.0 Å². The van der Waals surface area contributed by atoms with Crippen molar-refractivity contribution in [1.82, 2.24) is 10.5 Å². The van der Waals surface area contributed by atoms with E-state index in [2.05, 4.69) is 28.7 Å². The molecule has 4 heteroatoms. The molecule has 1 N–H and O–H groups in total. The van der Waals surface area contributed by atoms with Gasteiger partial charge in [0.25, 0.3) is 5.91 Å². The first kappa shape index (κ1) is 14.0. The monoisotopic (exact) mass is 306 g/mol. The standard InChI is InChI=1S/C19H18N2O2/c1-12(15-8-4-6-13-5-2-3-7-16(13)15)20-19(22)17-11-18(23-21-17)14-9-10-14/h2-8,11-12,14H,9-10H2,1H3,(H,20,22). The lowest BCUT2D eigenvalue weighted by Crippen LogP contribution is -2.27. The van der Waals surface area contributed by atoms with Crippen LogP contribution >= 0.6 is 0 Å². The summed E-state index contributed by atoms with van der Waals surface area (Å²) in [5.74, 6) is 1.09. The second-order valence-electron chi connectivity index (χ2n) is 6.15. The van der Waals surface area contributed by atoms with E-state index in [0.717, 1.165) is 29.6 Å². The average molecular weight is 306 g/mol. The number of nitrogens with one attached hydrogen (secondary N) is 1. The number of fused-ring (bicyclic) bond motifs is 1. The molecule has 1 unspecified atom stereocenters. The van der Waals surface area contributed by atoms with Gasteiger partial charge in [-0.25, -0.2) is 0 Å². The first-order valence-corrected chi connectivity index (χ1v) is 7.97. The molecule has 2 aromatic carbocycles. The normalized spacial score (nSPS) is 15.5. The average Bonchev–Trinajstić information content (AvgIpc) is 3.31. The van der Waals surface area contributed by atoms with Gasteiger partial charge in [-0.05, 0) is 36.1 Å². The minimum Gasteiger partial charge on any atom is -0.360 e. The van der Waals surface area contributed by atoms with Crippen LogP contribution in [-0.2, 0) is 0 Å². The first-order chi connectivity index (χ1) is 11.2. The summed E-state index contributed by atoms with van der Waals surface area (Å²) in [4.78, 5) is 12.4. The number of hydrogen-bond acceptors (Lipinski definition) is 3. The van der Waals surface area contributed by atoms with Gasteiger partial charge in [0.15, 0.2) is 5.69 Å². The van der Waals surface area contributed by atoms with E-state index in [1.165, 1.54) is 5.39 Å². The van der Waals surface area contributed by atoms with Crippen LogP contribution in [0.3, 0.4) is 0 Å². The van der Waals surface area contributed by atoms with Crippen molar-refractivity contribution in [3.63, 3.8) is 0 Å². The fourth-order valence-corrected chi connectivity index (χ4v) is 2.93. The molecular weight excluding hydrogens is 288 g/mol. The fourth-order valence-electron chi connectivity index (χ4n) is 2.93. The summed E-state index contributed by atoms with van der Waals surface area (Å²) in [6.07, 6.45) is 2.26. The summed E-state index contributed by atoms with van der Waals surface area (Å²) >= 11 is 0. The maximum atomic E-state index is 12.4. The van der Waals surface area contributed by atoms with E-state index >= 15 is 0 Å². The third kappa shape index (κ3) is 2.72. The van der Waals surface area contributed by atoms with Gasteiger partial charge in [0.05, 0.1) is 6.04 Å². The van der Waals surface area contributed by atoms with E-state index in [9.17, 15) is 4.79 Å². The molecule has 116 valence electrons. The number of carbonyl (C=O) groups is 1. The molecule has 4 rings (SSSR count). The number of aromatic nitrogens is 1. The smallest absolute Gasteiger partial charge is 0.273 e. The second-order valence-corrected chi connectivity index (χ2v) is 6.15. The van der Waals surface area contributed by atoms with Crippen molar-refractivity contribution in [2.24, 2.45) is 0 Å². The summed E-state index contributed by atoms with van der Waals surface area (Å²) in [5.41, 5.74) is 1.46. The quantitative estimate of drug-likeness (QED) is 0.786. The van der Waals surface area contributed by atoms with Gasteiger partial charge in [-0.3, -0.25) is 4.79 Å². The summed E-state index contributed by atoms with van der Waals surface area (Å²) in [5, 5.41) is 9.24. The molecule has 0 radical (unpaired) electrons. The highest BCUT2D eigenvalue weighted by atomic mass is 16.5. The Bertz CT molecular complexity index is 859. The SMILES string of the molecule is CC(NC(=O)c1cc(C2CC2)on1)c1cccc2ccccc12. The first-order valence-electron chi connectivity index (χ1n) is 7.97. The lowest BCUT2D eigenvalue weighted by Gasteiger charge is -2.15. The molecule has 4 nitrogen and oxygen atoms in total. The molecule has 3 aromatic rings. The Morgan fingerprint density at radius 2 is 2.00 bits per heavy atom. The van der Waals surface area contributed by atoms with Crippen LogP contribution in [0.2, 0.25) is 0 Å². The Morgan fingerprint density at radius 3 is 2.83 bits per heavy atom. The predicted molar refractivity (Wildman–Crippen MR) is 88.3 cm³/mol. The third-order valence-corrected chi connectivity index (χ3v) is 4.38. The van der Waals surface area contributed by atoms with E-state index in [0.29, 0.717) is 11.6 Å². The Balaban J connectivity index is 1.56. The number of carbonyl (C=O) groups excluding carboxylic acids is 1. The van der Waals surface area contributed by atoms with Gasteiger partial charge in [0.1, 0.15) is 5.76 Å². The molecule has 1 atom stereocenters. The van der Waals surface area contributed by atoms with Crippen LogP contribution in [0.15, 0.2) is 53.1 Å². The molecule has 23 heavy (non-hydrogen) atoms. The van der Waals surface area contributed by atoms with E-state index in [1.54, 1.807) is 6.07 Å². The highest BCUT2D eigenvalue weighted by Gasteiger charge is 2.29. The van der Waals surface area contributed by atoms with Crippen LogP contribution in [0.25, 0.3) is 10.8 Å². The van der Waals surface area contributed by atoms with Crippen molar-refractivity contribution in [2.75, 3.05) is 0 Å². The van der Waals surface area contributed by atoms with Crippen LogP contribution in [0.5, 0.6) is 0 Å². The second kappa shape index (κ2) is 5.54. The molecule has 1 heterocycles. The minimum absolute atomic E-state index is 0.102. The molecule has 1 saturated carbocycles. The van der Waals surface area contributed by atoms with Crippen molar-refractivity contribution < 1.29 is 9.32 Å². The van der Waals surface area contributed by atoms with Gasteiger partial charge >= 0.3 is 0 Å². The van der Waals surface area contributed by atoms with Gasteiger partial charge in [0.2, 0.25) is 0 Å². The highest BCUT2D eigenvalue weighted by molar-refractivity contribution is 5.93. The van der Waals surface area contributed by atoms with E-state index < -0.39 is 0 Å². The Hall–Kier alpha value is -2.62. The van der Waals surface area contributed by atoms with Crippen LogP contribution in [-0.4, -0.2) is 11.1 Å². The number of amides is 1. The summed E-state index contributed by atoms with van der Waals surface area (Å²) in [6.45, 7) is 1.99. The number of benzene rings is 2. The summed E-state index contributed by atoms with van der Waals surface area (Å²) in [7, 11) is 0. The van der Waals surface area contributed by atoms with Crippen molar-refractivity contribution in [3.05, 3.63) is 65.5 Å². The Morgan fingerprint density at radius 1 is 1.22 bits per heavy atom. The van der Waals surface area contributed by atoms with Crippen molar-refractivity contribution >= 4 is 16.7 Å². The molecule has 0 spiro atoms. The fraction of sp³-hybridized carbons (Fsp3) is 0.263. The maximum Gasteiger partial charge on any atom is 0.273 e. The minimum atomic E-state index is -0.193. The summed E-state index contributed by atoms with van der Waals surface area (Å²) < 4.78 is 5.26. The van der Waals surface area contributed by atoms with Crippen LogP contribution in [0.4, 0.5) is 0 Å². The van der Waals surface area contributed by atoms with Gasteiger partial charge in [-0.15, -0.1) is 0 Å². The zero-order valence-corrected chi connectivity index (χ0v) is 13.0. The molecule has 0 bridgehead atoms. The molecule has 0 saturated heterocycles. The number of rotatable bonds is 4. The third-order valence-electron chi connectivity index (χ3n) is 4.38. The lowest BCUT2D eigenvalue weighted by atomic mass is 9.99. The van der Waals surface area contributed by atoms with E-state index in [1.807, 2.05) is 31.2 Å². The Labute approximate surface area is 134 Å². The van der Waals surface area contributed by atoms with Gasteiger partial charge in [-0.2, -0.15) is 0 Å². The molecule has 1 fully saturated rings. The molecule has 1 aliphatic carbocycles. The predicted octanol–water partition coefficient (Wildman–Crippen LogP) is 4.20. The van der Waals surface area contributed by atoms with Crippen molar-refractivity contribution in [3.8, 4) is 0 Å². The van der Waals surface area contributed by atoms with Crippen LogP contribution in [0.1, 0.15) is 53.5 Å². The zero-order chi connectivity index (χ0) is 15.8. The van der Waals surface area contributed by atoms with E-state index in [4.69, 9.17) is 4.52 Å². The topological polar surface area (TPSA) is 55.1 Å². The largest absolute Gasteiger partial charge is 0.360 e. The van der Waals surface area contributed by atoms with Crippen molar-refractivity contribution in [2.45, 2.75) is 31.7 Å². The molecule has 1 amide bonds. The highest BCUT2D eigenvalue weighted by Crippen LogP contribution is 2.40. The van der Waals surface area contributed by atoms with Gasteiger partial charge in [-0.1, -0.05) is 47.6 Å². The molecule has 1 aromatic heterocycles. The molecular formula is C19H18N2O2. The zero-order valence-electron chi connectivity index (χ0n) is 13.0. The van der Waals surface area contributed by atoms with Crippen LogP contribution < -0.4 is 5.32 Å². The summed E-state index contributed by atoms with van der Waals surface area (Å²) in [6, 6.07) is 16.0. The Kier molecular flexibility index (Phi) is 3.37. The van der Waals surface area contributed by atoms with Crippen LogP contribution in [0, 0.1) is 0 Å². The lowest BCUT2D eigenvalue weighted by molar-refractivity contribution is 0.0931.